The first-order chi connectivity index (χ1) is 6.83. The van der Waals surface area contributed by atoms with Gasteiger partial charge in [-0.2, -0.15) is 0 Å². The Kier molecular flexibility index (Phi) is 6.12. The summed E-state index contributed by atoms with van der Waals surface area (Å²) in [5.41, 5.74) is 0. The van der Waals surface area contributed by atoms with Gasteiger partial charge in [0.05, 0.1) is 0 Å². The molecule has 84 valence electrons. The number of rotatable bonds is 2. The Bertz CT molecular complexity index is 129. The Morgan fingerprint density at radius 3 is 1.93 bits per heavy atom. The number of hydrogen-bond acceptors (Lipinski definition) is 2. The molecule has 1 fully saturated rings. The van der Waals surface area contributed by atoms with Crippen molar-refractivity contribution >= 4 is 0 Å². The van der Waals surface area contributed by atoms with Crippen molar-refractivity contribution in [3.8, 4) is 0 Å². The molecule has 0 unspecified atom stereocenters. The molecule has 0 bridgehead atoms. The van der Waals surface area contributed by atoms with Crippen LogP contribution in [0, 0.1) is 0 Å². The third kappa shape index (κ3) is 4.91. The highest BCUT2D eigenvalue weighted by Crippen LogP contribution is 2.04. The first-order valence-corrected chi connectivity index (χ1v) is 5.80. The van der Waals surface area contributed by atoms with E-state index in [9.17, 15) is 4.39 Å². The Hall–Kier alpha value is -0.150. The minimum atomic E-state index is -0.195. The lowest BCUT2D eigenvalue weighted by molar-refractivity contribution is 0.215. The monoisotopic (exact) mass is 202 g/mol. The van der Waals surface area contributed by atoms with E-state index in [0.717, 1.165) is 13.1 Å². The van der Waals surface area contributed by atoms with Gasteiger partial charge in [-0.15, -0.1) is 0 Å². The topological polar surface area (TPSA) is 6.48 Å². The van der Waals surface area contributed by atoms with Gasteiger partial charge in [0.15, 0.2) is 0 Å². The SMILES string of the molecule is CN1CCCCN(CCF)CCCC1. The number of nitrogens with zero attached hydrogens (tertiary/aromatic N) is 2. The maximum Gasteiger partial charge on any atom is 0.102 e. The van der Waals surface area contributed by atoms with E-state index < -0.39 is 0 Å². The average Bonchev–Trinajstić information content (AvgIpc) is 2.19. The fourth-order valence-corrected chi connectivity index (χ4v) is 2.00. The molecule has 0 aromatic heterocycles. The van der Waals surface area contributed by atoms with Crippen LogP contribution in [0.15, 0.2) is 0 Å². The number of hydrogen-bond donors (Lipinski definition) is 0. The van der Waals surface area contributed by atoms with Crippen molar-refractivity contribution in [1.29, 1.82) is 0 Å². The second-order valence-electron chi connectivity index (χ2n) is 4.25. The van der Waals surface area contributed by atoms with Crippen molar-refractivity contribution in [3.05, 3.63) is 0 Å². The largest absolute Gasteiger partial charge is 0.306 e. The van der Waals surface area contributed by atoms with E-state index in [-0.39, 0.29) is 6.67 Å². The molecule has 3 heteroatoms. The second kappa shape index (κ2) is 7.18. The quantitative estimate of drug-likeness (QED) is 0.673. The van der Waals surface area contributed by atoms with E-state index in [1.54, 1.807) is 0 Å². The summed E-state index contributed by atoms with van der Waals surface area (Å²) < 4.78 is 12.2. The van der Waals surface area contributed by atoms with Gasteiger partial charge < -0.3 is 9.80 Å². The fraction of sp³-hybridized carbons (Fsp3) is 1.00. The van der Waals surface area contributed by atoms with Gasteiger partial charge in [-0.3, -0.25) is 0 Å². The van der Waals surface area contributed by atoms with Crippen LogP contribution in [0.25, 0.3) is 0 Å². The Morgan fingerprint density at radius 1 is 0.929 bits per heavy atom. The number of halogens is 1. The third-order valence-corrected chi connectivity index (χ3v) is 2.93. The average molecular weight is 202 g/mol. The Balaban J connectivity index is 2.24. The van der Waals surface area contributed by atoms with Crippen molar-refractivity contribution in [2.45, 2.75) is 25.7 Å². The molecule has 1 heterocycles. The van der Waals surface area contributed by atoms with E-state index in [2.05, 4.69) is 16.8 Å². The minimum absolute atomic E-state index is 0.195. The Labute approximate surface area is 87.1 Å². The molecule has 0 aromatic rings. The molecule has 0 atom stereocenters. The molecule has 0 saturated carbocycles. The van der Waals surface area contributed by atoms with Crippen LogP contribution in [0.1, 0.15) is 25.7 Å². The van der Waals surface area contributed by atoms with Crippen LogP contribution in [-0.4, -0.2) is 56.2 Å². The molecule has 0 aliphatic carbocycles. The zero-order valence-corrected chi connectivity index (χ0v) is 9.34. The summed E-state index contributed by atoms with van der Waals surface area (Å²) in [7, 11) is 2.20. The van der Waals surface area contributed by atoms with Crippen molar-refractivity contribution in [3.63, 3.8) is 0 Å². The summed E-state index contributed by atoms with van der Waals surface area (Å²) in [5.74, 6) is 0. The summed E-state index contributed by atoms with van der Waals surface area (Å²) >= 11 is 0. The van der Waals surface area contributed by atoms with E-state index in [1.807, 2.05) is 0 Å². The van der Waals surface area contributed by atoms with Crippen LogP contribution in [0.4, 0.5) is 4.39 Å². The van der Waals surface area contributed by atoms with E-state index in [4.69, 9.17) is 0 Å². The molecular weight excluding hydrogens is 179 g/mol. The lowest BCUT2D eigenvalue weighted by atomic mass is 10.2. The predicted molar refractivity (Wildman–Crippen MR) is 58.4 cm³/mol. The predicted octanol–water partition coefficient (Wildman–Crippen LogP) is 1.76. The van der Waals surface area contributed by atoms with Gasteiger partial charge in [-0.1, -0.05) is 0 Å². The van der Waals surface area contributed by atoms with Gasteiger partial charge in [0, 0.05) is 6.54 Å². The molecular formula is C11H23FN2. The summed E-state index contributed by atoms with van der Waals surface area (Å²) in [6.07, 6.45) is 4.92. The van der Waals surface area contributed by atoms with Crippen molar-refractivity contribution in [2.75, 3.05) is 46.4 Å². The van der Waals surface area contributed by atoms with Crippen LogP contribution >= 0.6 is 0 Å². The fourth-order valence-electron chi connectivity index (χ4n) is 2.00. The van der Waals surface area contributed by atoms with Crippen LogP contribution in [0.2, 0.25) is 0 Å². The normalized spacial score (nSPS) is 23.6. The summed E-state index contributed by atoms with van der Waals surface area (Å²) in [6, 6.07) is 0. The van der Waals surface area contributed by atoms with Crippen LogP contribution in [-0.2, 0) is 0 Å². The second-order valence-corrected chi connectivity index (χ2v) is 4.25. The molecule has 0 aromatic carbocycles. The summed E-state index contributed by atoms with van der Waals surface area (Å²) in [4.78, 5) is 4.68. The molecule has 2 nitrogen and oxygen atoms in total. The van der Waals surface area contributed by atoms with Crippen molar-refractivity contribution in [1.82, 2.24) is 9.80 Å². The maximum absolute atomic E-state index is 12.2. The van der Waals surface area contributed by atoms with Crippen molar-refractivity contribution < 1.29 is 4.39 Å². The summed E-state index contributed by atoms with van der Waals surface area (Å²) in [5, 5.41) is 0. The highest BCUT2D eigenvalue weighted by atomic mass is 19.1. The first-order valence-electron chi connectivity index (χ1n) is 5.80. The van der Waals surface area contributed by atoms with Gasteiger partial charge in [0.25, 0.3) is 0 Å². The van der Waals surface area contributed by atoms with E-state index in [0.29, 0.717) is 6.54 Å². The highest BCUT2D eigenvalue weighted by molar-refractivity contribution is 4.62. The lowest BCUT2D eigenvalue weighted by Gasteiger charge is -2.24. The molecule has 0 radical (unpaired) electrons. The molecule has 0 N–H and O–H groups in total. The summed E-state index contributed by atoms with van der Waals surface area (Å²) in [6.45, 7) is 5.00. The molecule has 1 saturated heterocycles. The maximum atomic E-state index is 12.2. The van der Waals surface area contributed by atoms with Crippen molar-refractivity contribution in [2.24, 2.45) is 0 Å². The van der Waals surface area contributed by atoms with Crippen LogP contribution in [0.5, 0.6) is 0 Å². The standard InChI is InChI=1S/C11H23FN2/c1-13-7-2-4-9-14(11-6-12)10-5-3-8-13/h2-11H2,1H3. The van der Waals surface area contributed by atoms with E-state index in [1.165, 1.54) is 38.8 Å². The molecule has 1 aliphatic rings. The van der Waals surface area contributed by atoms with Crippen LogP contribution < -0.4 is 0 Å². The third-order valence-electron chi connectivity index (χ3n) is 2.93. The van der Waals surface area contributed by atoms with Gasteiger partial charge >= 0.3 is 0 Å². The zero-order valence-electron chi connectivity index (χ0n) is 9.34. The molecule has 0 spiro atoms. The molecule has 1 aliphatic heterocycles. The molecule has 1 rings (SSSR count). The molecule has 14 heavy (non-hydrogen) atoms. The van der Waals surface area contributed by atoms with Gasteiger partial charge in [-0.25, -0.2) is 4.39 Å². The Morgan fingerprint density at radius 2 is 1.43 bits per heavy atom. The highest BCUT2D eigenvalue weighted by Gasteiger charge is 2.07. The van der Waals surface area contributed by atoms with Crippen LogP contribution in [0.3, 0.4) is 0 Å². The van der Waals surface area contributed by atoms with E-state index >= 15 is 0 Å². The molecule has 0 amide bonds. The van der Waals surface area contributed by atoms with Gasteiger partial charge in [-0.05, 0) is 58.9 Å². The van der Waals surface area contributed by atoms with Gasteiger partial charge in [0.1, 0.15) is 6.67 Å². The minimum Gasteiger partial charge on any atom is -0.306 e. The first kappa shape index (κ1) is 11.9. The lowest BCUT2D eigenvalue weighted by Crippen LogP contribution is -2.31. The number of alkyl halides is 1. The zero-order chi connectivity index (χ0) is 10.2. The smallest absolute Gasteiger partial charge is 0.102 e. The van der Waals surface area contributed by atoms with Gasteiger partial charge in [0.2, 0.25) is 0 Å².